The number of benzene rings is 2. The van der Waals surface area contributed by atoms with E-state index in [1.165, 1.54) is 31.8 Å². The van der Waals surface area contributed by atoms with Crippen LogP contribution in [-0.2, 0) is 11.8 Å². The summed E-state index contributed by atoms with van der Waals surface area (Å²) in [5.74, 6) is 0.420. The number of anilines is 1. The largest absolute Gasteiger partial charge is 0.485 e. The van der Waals surface area contributed by atoms with Gasteiger partial charge in [0.2, 0.25) is 11.7 Å². The lowest BCUT2D eigenvalue weighted by Crippen LogP contribution is -2.22. The summed E-state index contributed by atoms with van der Waals surface area (Å²) in [6, 6.07) is 15.1. The highest BCUT2D eigenvalue weighted by atomic mass is 16.5. The maximum Gasteiger partial charge on any atom is 0.297 e. The molecule has 0 aliphatic carbocycles. The van der Waals surface area contributed by atoms with E-state index in [2.05, 4.69) is 12.2 Å². The fourth-order valence-electron chi connectivity index (χ4n) is 4.10. The van der Waals surface area contributed by atoms with E-state index in [-0.39, 0.29) is 17.2 Å². The Morgan fingerprint density at radius 1 is 0.947 bits per heavy atom. The highest BCUT2D eigenvalue weighted by Gasteiger charge is 2.19. The number of nitrogens with one attached hydrogen (secondary N) is 1. The minimum atomic E-state index is -0.261. The van der Waals surface area contributed by atoms with Crippen molar-refractivity contribution in [1.29, 1.82) is 0 Å². The Morgan fingerprint density at radius 2 is 1.68 bits per heavy atom. The smallest absolute Gasteiger partial charge is 0.297 e. The first-order valence-corrected chi connectivity index (χ1v) is 13.5. The Labute approximate surface area is 226 Å². The lowest BCUT2D eigenvalue weighted by molar-refractivity contribution is -0.111. The first-order valence-electron chi connectivity index (χ1n) is 13.5. The van der Waals surface area contributed by atoms with E-state index in [1.54, 1.807) is 23.8 Å². The second-order valence-corrected chi connectivity index (χ2v) is 9.70. The van der Waals surface area contributed by atoms with Gasteiger partial charge >= 0.3 is 0 Å². The number of unbranched alkanes of at least 4 members (excludes halogenated alkanes) is 5. The van der Waals surface area contributed by atoms with Gasteiger partial charge in [-0.1, -0.05) is 74.9 Å². The van der Waals surface area contributed by atoms with E-state index < -0.39 is 0 Å². The molecule has 0 aliphatic rings. The average molecular weight is 517 g/mol. The molecule has 2 aromatic carbocycles. The summed E-state index contributed by atoms with van der Waals surface area (Å²) >= 11 is 0. The summed E-state index contributed by atoms with van der Waals surface area (Å²) in [5, 5.41) is 3.64. The van der Waals surface area contributed by atoms with Crippen LogP contribution >= 0.6 is 0 Å². The van der Waals surface area contributed by atoms with Crippen LogP contribution < -0.4 is 20.3 Å². The summed E-state index contributed by atoms with van der Waals surface area (Å²) in [4.78, 5) is 25.9. The third-order valence-electron chi connectivity index (χ3n) is 6.27. The second kappa shape index (κ2) is 14.8. The van der Waals surface area contributed by atoms with Crippen LogP contribution in [0, 0.1) is 0 Å². The molecule has 0 saturated heterocycles. The molecule has 1 amide bonds. The predicted octanol–water partition coefficient (Wildman–Crippen LogP) is 7.27. The van der Waals surface area contributed by atoms with Gasteiger partial charge in [-0.05, 0) is 56.2 Å². The van der Waals surface area contributed by atoms with Crippen LogP contribution in [0.2, 0.25) is 0 Å². The second-order valence-electron chi connectivity index (χ2n) is 9.70. The number of aryl methyl sites for hydroxylation is 1. The standard InChI is InChI=1S/C32H40N2O4/c1-5-6-7-8-9-13-21-37-31-30(38-22-20-24(2)3)27-18-17-26(23-28(27)34(4)32(31)36)33-29(35)19-16-25-14-11-10-12-15-25/h10-12,14-20,23H,5-9,13,21-22H2,1-4H3,(H,33,35)/b19-16+. The Hall–Kier alpha value is -3.80. The Bertz CT molecular complexity index is 1320. The fourth-order valence-corrected chi connectivity index (χ4v) is 4.10. The summed E-state index contributed by atoms with van der Waals surface area (Å²) in [7, 11) is 1.71. The first-order chi connectivity index (χ1) is 18.4. The zero-order valence-electron chi connectivity index (χ0n) is 23.1. The van der Waals surface area contributed by atoms with Crippen molar-refractivity contribution in [2.75, 3.05) is 18.5 Å². The number of aromatic nitrogens is 1. The number of ether oxygens (including phenoxy) is 2. The monoisotopic (exact) mass is 516 g/mol. The first kappa shape index (κ1) is 28.8. The molecule has 0 saturated carbocycles. The van der Waals surface area contributed by atoms with Crippen LogP contribution in [0.5, 0.6) is 11.5 Å². The Kier molecular flexibility index (Phi) is 11.2. The molecule has 6 nitrogen and oxygen atoms in total. The van der Waals surface area contributed by atoms with E-state index in [0.717, 1.165) is 29.4 Å². The molecule has 1 N–H and O–H groups in total. The SMILES string of the molecule is CCCCCCCCOc1c(OCC=C(C)C)c2ccc(NC(=O)/C=C/c3ccccc3)cc2n(C)c1=O. The number of fused-ring (bicyclic) bond motifs is 1. The average Bonchev–Trinajstić information content (AvgIpc) is 2.91. The Balaban J connectivity index is 1.84. The number of allylic oxidation sites excluding steroid dienone is 1. The molecule has 0 atom stereocenters. The van der Waals surface area contributed by atoms with Gasteiger partial charge < -0.3 is 19.4 Å². The summed E-state index contributed by atoms with van der Waals surface area (Å²) in [6.45, 7) is 7.01. The molecule has 0 bridgehead atoms. The molecule has 3 aromatic rings. The summed E-state index contributed by atoms with van der Waals surface area (Å²) in [5.41, 5.74) is 3.05. The molecular formula is C32H40N2O4. The predicted molar refractivity (Wildman–Crippen MR) is 157 cm³/mol. The molecule has 6 heteroatoms. The molecule has 1 aromatic heterocycles. The number of carbonyl (C=O) groups excluding carboxylic acids is 1. The highest BCUT2D eigenvalue weighted by molar-refractivity contribution is 6.03. The molecule has 3 rings (SSSR count). The zero-order chi connectivity index (χ0) is 27.3. The molecule has 202 valence electrons. The molecule has 38 heavy (non-hydrogen) atoms. The maximum atomic E-state index is 13.3. The van der Waals surface area contributed by atoms with Crippen molar-refractivity contribution in [3.8, 4) is 11.5 Å². The van der Waals surface area contributed by atoms with Crippen LogP contribution in [0.3, 0.4) is 0 Å². The Morgan fingerprint density at radius 3 is 2.42 bits per heavy atom. The minimum absolute atomic E-state index is 0.235. The summed E-state index contributed by atoms with van der Waals surface area (Å²) in [6.07, 6.45) is 12.0. The number of amides is 1. The van der Waals surface area contributed by atoms with Gasteiger partial charge in [0.25, 0.3) is 5.56 Å². The molecular weight excluding hydrogens is 476 g/mol. The normalized spacial score (nSPS) is 11.1. The van der Waals surface area contributed by atoms with E-state index in [0.29, 0.717) is 30.2 Å². The van der Waals surface area contributed by atoms with Crippen molar-refractivity contribution >= 4 is 28.6 Å². The van der Waals surface area contributed by atoms with E-state index >= 15 is 0 Å². The van der Waals surface area contributed by atoms with Crippen LogP contribution in [0.25, 0.3) is 17.0 Å². The maximum absolute atomic E-state index is 13.3. The van der Waals surface area contributed by atoms with Gasteiger partial charge in [0.1, 0.15) is 6.61 Å². The number of nitrogens with zero attached hydrogens (tertiary/aromatic N) is 1. The van der Waals surface area contributed by atoms with Crippen molar-refractivity contribution in [2.45, 2.75) is 59.3 Å². The van der Waals surface area contributed by atoms with Gasteiger partial charge in [-0.3, -0.25) is 9.59 Å². The van der Waals surface area contributed by atoms with E-state index in [4.69, 9.17) is 9.47 Å². The van der Waals surface area contributed by atoms with Crippen LogP contribution in [0.1, 0.15) is 64.9 Å². The van der Waals surface area contributed by atoms with Crippen molar-refractivity contribution in [2.24, 2.45) is 7.05 Å². The van der Waals surface area contributed by atoms with Gasteiger partial charge in [-0.15, -0.1) is 0 Å². The third kappa shape index (κ3) is 8.37. The van der Waals surface area contributed by atoms with E-state index in [9.17, 15) is 9.59 Å². The van der Waals surface area contributed by atoms with Crippen LogP contribution in [-0.4, -0.2) is 23.7 Å². The van der Waals surface area contributed by atoms with Crippen molar-refractivity contribution < 1.29 is 14.3 Å². The zero-order valence-corrected chi connectivity index (χ0v) is 23.1. The van der Waals surface area contributed by atoms with Crippen molar-refractivity contribution in [3.05, 3.63) is 82.2 Å². The third-order valence-corrected chi connectivity index (χ3v) is 6.27. The molecule has 0 spiro atoms. The number of rotatable bonds is 14. The van der Waals surface area contributed by atoms with Crippen molar-refractivity contribution in [3.63, 3.8) is 0 Å². The fraction of sp³-hybridized carbons (Fsp3) is 0.375. The molecule has 0 fully saturated rings. The topological polar surface area (TPSA) is 69.6 Å². The van der Waals surface area contributed by atoms with Gasteiger partial charge in [-0.25, -0.2) is 0 Å². The van der Waals surface area contributed by atoms with Gasteiger partial charge in [0.05, 0.1) is 12.1 Å². The molecule has 0 unspecified atom stereocenters. The van der Waals surface area contributed by atoms with Crippen molar-refractivity contribution in [1.82, 2.24) is 4.57 Å². The molecule has 0 radical (unpaired) electrons. The number of hydrogen-bond acceptors (Lipinski definition) is 4. The quantitative estimate of drug-likeness (QED) is 0.139. The number of carbonyl (C=O) groups is 1. The highest BCUT2D eigenvalue weighted by Crippen LogP contribution is 2.34. The molecule has 0 aliphatic heterocycles. The van der Waals surface area contributed by atoms with Gasteiger partial charge in [-0.2, -0.15) is 0 Å². The van der Waals surface area contributed by atoms with Crippen LogP contribution in [0.4, 0.5) is 5.69 Å². The van der Waals surface area contributed by atoms with Gasteiger partial charge in [0.15, 0.2) is 5.75 Å². The lowest BCUT2D eigenvalue weighted by Gasteiger charge is -2.17. The van der Waals surface area contributed by atoms with Crippen LogP contribution in [0.15, 0.2) is 71.1 Å². The number of pyridine rings is 1. The van der Waals surface area contributed by atoms with Gasteiger partial charge in [0, 0.05) is 24.2 Å². The minimum Gasteiger partial charge on any atom is -0.485 e. The molecule has 1 heterocycles. The summed E-state index contributed by atoms with van der Waals surface area (Å²) < 4.78 is 13.7. The number of hydrogen-bond donors (Lipinski definition) is 1. The van der Waals surface area contributed by atoms with E-state index in [1.807, 2.05) is 62.4 Å². The lowest BCUT2D eigenvalue weighted by atomic mass is 10.1.